The number of fused-ring (bicyclic) bond motifs is 1. The molecule has 5 N–H and O–H groups in total. The molecule has 3 heterocycles. The van der Waals surface area contributed by atoms with Gasteiger partial charge in [0.15, 0.2) is 17.0 Å². The number of rotatable bonds is 7. The van der Waals surface area contributed by atoms with Gasteiger partial charge in [0.1, 0.15) is 11.6 Å². The van der Waals surface area contributed by atoms with Gasteiger partial charge in [0, 0.05) is 43.3 Å². The Labute approximate surface area is 237 Å². The van der Waals surface area contributed by atoms with E-state index < -0.39 is 17.7 Å². The second kappa shape index (κ2) is 12.1. The van der Waals surface area contributed by atoms with Crippen LogP contribution < -0.4 is 21.7 Å². The van der Waals surface area contributed by atoms with Crippen molar-refractivity contribution in [3.63, 3.8) is 0 Å². The number of carbonyl (C=O) groups is 1. The van der Waals surface area contributed by atoms with Crippen LogP contribution in [0.4, 0.5) is 31.0 Å². The van der Waals surface area contributed by atoms with Crippen LogP contribution in [0.3, 0.4) is 0 Å². The third-order valence-electron chi connectivity index (χ3n) is 8.42. The van der Waals surface area contributed by atoms with Crippen molar-refractivity contribution >= 4 is 34.7 Å². The lowest BCUT2D eigenvalue weighted by molar-refractivity contribution is -0.107. The van der Waals surface area contributed by atoms with Crippen molar-refractivity contribution in [2.75, 3.05) is 29.0 Å². The van der Waals surface area contributed by atoms with E-state index in [2.05, 4.69) is 20.5 Å². The van der Waals surface area contributed by atoms with Gasteiger partial charge in [-0.3, -0.25) is 5.32 Å². The lowest BCUT2D eigenvalue weighted by atomic mass is 9.92. The van der Waals surface area contributed by atoms with Crippen molar-refractivity contribution in [1.29, 1.82) is 0 Å². The van der Waals surface area contributed by atoms with Crippen LogP contribution in [0.15, 0.2) is 24.5 Å². The van der Waals surface area contributed by atoms with Gasteiger partial charge < -0.3 is 25.8 Å². The molecule has 1 aliphatic heterocycles. The molecule has 2 saturated carbocycles. The number of piperidine rings is 1. The number of benzene rings is 1. The van der Waals surface area contributed by atoms with Gasteiger partial charge in [-0.25, -0.2) is 18.6 Å². The highest BCUT2D eigenvalue weighted by Gasteiger charge is 2.27. The molecule has 0 spiro atoms. The highest BCUT2D eigenvalue weighted by Crippen LogP contribution is 2.34. The fourth-order valence-corrected chi connectivity index (χ4v) is 6.10. The van der Waals surface area contributed by atoms with Gasteiger partial charge in [-0.2, -0.15) is 9.97 Å². The van der Waals surface area contributed by atoms with E-state index in [1.807, 2.05) is 6.33 Å². The molecule has 0 atom stereocenters. The van der Waals surface area contributed by atoms with E-state index in [1.54, 1.807) is 5.06 Å². The Morgan fingerprint density at radius 1 is 0.951 bits per heavy atom. The lowest BCUT2D eigenvalue weighted by Crippen LogP contribution is -2.41. The van der Waals surface area contributed by atoms with Gasteiger partial charge in [-0.15, -0.1) is 5.06 Å². The van der Waals surface area contributed by atoms with Crippen LogP contribution in [-0.2, 0) is 4.84 Å². The minimum absolute atomic E-state index is 0.0858. The molecular weight excluding hydrogens is 532 g/mol. The summed E-state index contributed by atoms with van der Waals surface area (Å²) in [5.74, 6) is -0.280. The Hall–Kier alpha value is -3.58. The molecule has 3 aromatic rings. The second-order valence-electron chi connectivity index (χ2n) is 11.4. The predicted octanol–water partition coefficient (Wildman–Crippen LogP) is 4.94. The Balaban J connectivity index is 1.11. The van der Waals surface area contributed by atoms with Gasteiger partial charge >= 0.3 is 6.09 Å². The number of hydrogen-bond donors (Lipinski definition) is 4. The molecule has 220 valence electrons. The number of amides is 1. The number of nitrogens with two attached hydrogens (primary N) is 1. The summed E-state index contributed by atoms with van der Waals surface area (Å²) in [5, 5.41) is 11.0. The smallest absolute Gasteiger partial charge is 0.365 e. The maximum absolute atomic E-state index is 13.9. The summed E-state index contributed by atoms with van der Waals surface area (Å²) >= 11 is 0. The van der Waals surface area contributed by atoms with Crippen LogP contribution in [0.25, 0.3) is 11.2 Å². The number of hydrogen-bond acceptors (Lipinski definition) is 9. The highest BCUT2D eigenvalue weighted by atomic mass is 19.1. The Morgan fingerprint density at radius 2 is 1.68 bits per heavy atom. The molecular formula is C28H37F2N9O2. The standard InChI is InChI=1S/C28H37F2N9O2/c29-17-5-10-23(22(30)15-17)35-28(40)41-38-13-11-20(12-14-38)33-25-24-26(39(16-32-24)21-3-1-2-4-21)37-27(36-25)34-19-8-6-18(31)7-9-19/h5,10,15-16,18-21H,1-4,6-9,11-14,31H2,(H,35,40)(H2,33,34,36,37). The summed E-state index contributed by atoms with van der Waals surface area (Å²) in [7, 11) is 0. The molecule has 41 heavy (non-hydrogen) atoms. The summed E-state index contributed by atoms with van der Waals surface area (Å²) in [4.78, 5) is 32.1. The molecule has 1 saturated heterocycles. The van der Waals surface area contributed by atoms with Crippen molar-refractivity contribution in [2.45, 2.75) is 88.4 Å². The van der Waals surface area contributed by atoms with Crippen LogP contribution in [0.1, 0.15) is 70.3 Å². The van der Waals surface area contributed by atoms with Crippen molar-refractivity contribution < 1.29 is 18.4 Å². The van der Waals surface area contributed by atoms with Gasteiger partial charge in [-0.1, -0.05) is 12.8 Å². The average Bonchev–Trinajstić information content (AvgIpc) is 3.63. The number of carbonyl (C=O) groups excluding carboxylic acids is 1. The molecule has 1 aromatic carbocycles. The first-order valence-electron chi connectivity index (χ1n) is 14.6. The quantitative estimate of drug-likeness (QED) is 0.312. The van der Waals surface area contributed by atoms with E-state index in [0.717, 1.165) is 61.8 Å². The Morgan fingerprint density at radius 3 is 2.41 bits per heavy atom. The number of nitrogens with zero attached hydrogens (tertiary/aromatic N) is 5. The molecule has 2 aromatic heterocycles. The van der Waals surface area contributed by atoms with E-state index in [4.69, 9.17) is 25.5 Å². The maximum atomic E-state index is 13.9. The number of nitrogens with one attached hydrogen (secondary N) is 3. The molecule has 3 fully saturated rings. The van der Waals surface area contributed by atoms with Crippen molar-refractivity contribution in [3.8, 4) is 0 Å². The summed E-state index contributed by atoms with van der Waals surface area (Å²) in [5.41, 5.74) is 7.57. The van der Waals surface area contributed by atoms with Crippen molar-refractivity contribution in [2.24, 2.45) is 5.73 Å². The predicted molar refractivity (Wildman–Crippen MR) is 151 cm³/mol. The maximum Gasteiger partial charge on any atom is 0.430 e. The zero-order chi connectivity index (χ0) is 28.3. The van der Waals surface area contributed by atoms with Crippen LogP contribution in [0.2, 0.25) is 0 Å². The van der Waals surface area contributed by atoms with E-state index in [9.17, 15) is 13.6 Å². The van der Waals surface area contributed by atoms with Crippen LogP contribution in [0, 0.1) is 11.6 Å². The SMILES string of the molecule is NC1CCC(Nc2nc(NC3CCN(OC(=O)Nc4ccc(F)cc4F)CC3)c3ncn(C4CCCC4)c3n2)CC1. The minimum Gasteiger partial charge on any atom is -0.365 e. The van der Waals surface area contributed by atoms with Gasteiger partial charge in [-0.05, 0) is 63.5 Å². The van der Waals surface area contributed by atoms with Crippen molar-refractivity contribution in [1.82, 2.24) is 24.6 Å². The molecule has 6 rings (SSSR count). The highest BCUT2D eigenvalue weighted by molar-refractivity contribution is 5.85. The molecule has 0 radical (unpaired) electrons. The minimum atomic E-state index is -0.864. The van der Waals surface area contributed by atoms with E-state index in [-0.39, 0.29) is 23.8 Å². The van der Waals surface area contributed by atoms with Gasteiger partial charge in [0.2, 0.25) is 5.95 Å². The number of imidazole rings is 1. The fourth-order valence-electron chi connectivity index (χ4n) is 6.10. The molecule has 2 aliphatic carbocycles. The van der Waals surface area contributed by atoms with E-state index in [1.165, 1.54) is 12.8 Å². The molecule has 3 aliphatic rings. The van der Waals surface area contributed by atoms with E-state index in [0.29, 0.717) is 49.8 Å². The number of hydroxylamine groups is 2. The monoisotopic (exact) mass is 569 g/mol. The molecule has 0 bridgehead atoms. The second-order valence-corrected chi connectivity index (χ2v) is 11.4. The summed E-state index contributed by atoms with van der Waals surface area (Å²) in [6.07, 6.45) is 11.1. The topological polar surface area (TPSA) is 135 Å². The van der Waals surface area contributed by atoms with E-state index >= 15 is 0 Å². The van der Waals surface area contributed by atoms with Gasteiger partial charge in [0.25, 0.3) is 0 Å². The zero-order valence-corrected chi connectivity index (χ0v) is 23.0. The van der Waals surface area contributed by atoms with Crippen LogP contribution in [0.5, 0.6) is 0 Å². The number of anilines is 3. The van der Waals surface area contributed by atoms with Gasteiger partial charge in [0.05, 0.1) is 12.0 Å². The largest absolute Gasteiger partial charge is 0.430 e. The first-order valence-corrected chi connectivity index (χ1v) is 14.6. The summed E-state index contributed by atoms with van der Waals surface area (Å²) in [6.45, 7) is 0.963. The summed E-state index contributed by atoms with van der Waals surface area (Å²) in [6, 6.07) is 3.98. The Kier molecular flexibility index (Phi) is 8.15. The first kappa shape index (κ1) is 27.6. The summed E-state index contributed by atoms with van der Waals surface area (Å²) < 4.78 is 29.2. The zero-order valence-electron chi connectivity index (χ0n) is 23.0. The molecule has 1 amide bonds. The Bertz CT molecular complexity index is 1360. The first-order chi connectivity index (χ1) is 19.9. The van der Waals surface area contributed by atoms with Crippen LogP contribution in [-0.4, -0.2) is 61.9 Å². The van der Waals surface area contributed by atoms with Crippen molar-refractivity contribution in [3.05, 3.63) is 36.2 Å². The average molecular weight is 570 g/mol. The molecule has 13 heteroatoms. The normalized spacial score (nSPS) is 22.6. The number of halogens is 2. The molecule has 0 unspecified atom stereocenters. The molecule has 11 nitrogen and oxygen atoms in total. The van der Waals surface area contributed by atoms with Crippen LogP contribution >= 0.6 is 0 Å². The third-order valence-corrected chi connectivity index (χ3v) is 8.42. The number of aromatic nitrogens is 4. The lowest BCUT2D eigenvalue weighted by Gasteiger charge is -2.31. The fraction of sp³-hybridized carbons (Fsp3) is 0.571. The third kappa shape index (κ3) is 6.51.